The van der Waals surface area contributed by atoms with E-state index in [1.807, 2.05) is 12.3 Å². The number of amides is 1. The maximum atomic E-state index is 12.7. The van der Waals surface area contributed by atoms with E-state index in [4.69, 9.17) is 4.98 Å². The number of H-pyrrole nitrogens is 1. The second-order valence-electron chi connectivity index (χ2n) is 10.3. The summed E-state index contributed by atoms with van der Waals surface area (Å²) in [6.07, 6.45) is 10.4. The molecule has 3 saturated heterocycles. The summed E-state index contributed by atoms with van der Waals surface area (Å²) in [5.41, 5.74) is 3.67. The van der Waals surface area contributed by atoms with E-state index in [1.165, 1.54) is 0 Å². The van der Waals surface area contributed by atoms with Crippen LogP contribution in [0.2, 0.25) is 0 Å². The molecule has 4 fully saturated rings. The molecule has 2 aliphatic carbocycles. The van der Waals surface area contributed by atoms with Crippen LogP contribution >= 0.6 is 0 Å². The molecule has 1 saturated carbocycles. The van der Waals surface area contributed by atoms with Gasteiger partial charge in [-0.15, -0.1) is 0 Å². The fourth-order valence-corrected chi connectivity index (χ4v) is 6.53. The number of rotatable bonds is 4. The van der Waals surface area contributed by atoms with Crippen LogP contribution < -0.4 is 15.8 Å². The molecule has 1 amide bonds. The van der Waals surface area contributed by atoms with Gasteiger partial charge in [0.15, 0.2) is 0 Å². The van der Waals surface area contributed by atoms with E-state index in [2.05, 4.69) is 25.1 Å². The predicted molar refractivity (Wildman–Crippen MR) is 126 cm³/mol. The van der Waals surface area contributed by atoms with Crippen molar-refractivity contribution in [1.82, 2.24) is 25.2 Å². The van der Waals surface area contributed by atoms with Gasteiger partial charge in [-0.25, -0.2) is 9.97 Å². The average molecular weight is 449 g/mol. The number of nitrogens with one attached hydrogen (secondary N) is 2. The van der Waals surface area contributed by atoms with Crippen molar-refractivity contribution in [2.45, 2.75) is 68.9 Å². The number of carbonyl (C=O) groups excluding carboxylic acids is 1. The molecule has 33 heavy (non-hydrogen) atoms. The molecular formula is C25H32N6O2. The Bertz CT molecular complexity index is 1110. The van der Waals surface area contributed by atoms with Crippen molar-refractivity contribution in [3.8, 4) is 0 Å². The summed E-state index contributed by atoms with van der Waals surface area (Å²) in [4.78, 5) is 42.0. The largest absolute Gasteiger partial charge is 0.370 e. The van der Waals surface area contributed by atoms with E-state index in [1.54, 1.807) is 13.1 Å². The van der Waals surface area contributed by atoms with Crippen molar-refractivity contribution in [2.24, 2.45) is 0 Å². The van der Waals surface area contributed by atoms with Gasteiger partial charge in [0.05, 0.1) is 17.6 Å². The number of hydrogen-bond acceptors (Lipinski definition) is 6. The Balaban J connectivity index is 1.11. The van der Waals surface area contributed by atoms with Crippen molar-refractivity contribution < 1.29 is 4.79 Å². The zero-order valence-corrected chi connectivity index (χ0v) is 19.3. The Morgan fingerprint density at radius 1 is 1.15 bits per heavy atom. The lowest BCUT2D eigenvalue weighted by atomic mass is 9.69. The summed E-state index contributed by atoms with van der Waals surface area (Å²) >= 11 is 0. The number of piperidine rings is 1. The molecule has 2 aromatic heterocycles. The molecule has 0 spiro atoms. The minimum Gasteiger partial charge on any atom is -0.370 e. The van der Waals surface area contributed by atoms with Crippen LogP contribution in [0.4, 0.5) is 5.69 Å². The van der Waals surface area contributed by atoms with Crippen molar-refractivity contribution in [2.75, 3.05) is 31.6 Å². The smallest absolute Gasteiger partial charge is 0.269 e. The lowest BCUT2D eigenvalue weighted by Gasteiger charge is -2.40. The van der Waals surface area contributed by atoms with E-state index in [-0.39, 0.29) is 16.9 Å². The highest BCUT2D eigenvalue weighted by molar-refractivity contribution is 5.92. The highest BCUT2D eigenvalue weighted by Gasteiger charge is 2.59. The third kappa shape index (κ3) is 3.46. The van der Waals surface area contributed by atoms with Crippen LogP contribution in [0.15, 0.2) is 23.1 Å². The van der Waals surface area contributed by atoms with Gasteiger partial charge < -0.3 is 15.2 Å². The fraction of sp³-hybridized carbons (Fsp3) is 0.600. The SMILES string of the molecule is CNC(=O)c1ccc(N2CCC(N3CC4(c5nc6c(c(=O)[nH]5)CCCC6)CC3C4)CC2)cn1. The minimum atomic E-state index is -0.156. The average Bonchev–Trinajstić information content (AvgIpc) is 3.41. The Kier molecular flexibility index (Phi) is 5.01. The third-order valence-electron chi connectivity index (χ3n) is 8.41. The van der Waals surface area contributed by atoms with E-state index >= 15 is 0 Å². The van der Waals surface area contributed by atoms with Gasteiger partial charge in [-0.1, -0.05) is 0 Å². The molecular weight excluding hydrogens is 416 g/mol. The summed E-state index contributed by atoms with van der Waals surface area (Å²) < 4.78 is 0. The Morgan fingerprint density at radius 2 is 1.94 bits per heavy atom. The standard InChI is InChI=1S/C25H32N6O2/c1-26-23(33)21-7-6-17(14-27-21)30-10-8-16(9-11-30)31-15-25(12-18(31)13-25)24-28-20-5-3-2-4-19(20)22(32)29-24/h6-7,14,16,18H,2-5,8-13,15H2,1H3,(H,26,33)(H,28,29,32). The summed E-state index contributed by atoms with van der Waals surface area (Å²) in [6.45, 7) is 3.01. The number of anilines is 1. The lowest BCUT2D eigenvalue weighted by Crippen LogP contribution is -2.46. The highest BCUT2D eigenvalue weighted by atomic mass is 16.1. The topological polar surface area (TPSA) is 94.2 Å². The molecule has 0 unspecified atom stereocenters. The van der Waals surface area contributed by atoms with Crippen LogP contribution in [0.1, 0.15) is 66.1 Å². The van der Waals surface area contributed by atoms with Crippen molar-refractivity contribution in [1.29, 1.82) is 0 Å². The van der Waals surface area contributed by atoms with Gasteiger partial charge in [0.2, 0.25) is 0 Å². The van der Waals surface area contributed by atoms with Crippen LogP contribution in [0, 0.1) is 0 Å². The first-order valence-electron chi connectivity index (χ1n) is 12.4. The Hall–Kier alpha value is -2.74. The van der Waals surface area contributed by atoms with Crippen LogP contribution in [0.3, 0.4) is 0 Å². The van der Waals surface area contributed by atoms with E-state index in [0.29, 0.717) is 17.8 Å². The highest BCUT2D eigenvalue weighted by Crippen LogP contribution is 2.53. The number of aromatic amines is 1. The zero-order chi connectivity index (χ0) is 22.6. The van der Waals surface area contributed by atoms with Crippen molar-refractivity contribution in [3.63, 3.8) is 0 Å². The molecule has 2 N–H and O–H groups in total. The van der Waals surface area contributed by atoms with Crippen molar-refractivity contribution in [3.05, 3.63) is 51.5 Å². The van der Waals surface area contributed by atoms with E-state index < -0.39 is 0 Å². The first-order chi connectivity index (χ1) is 16.1. The summed E-state index contributed by atoms with van der Waals surface area (Å²) in [5.74, 6) is 0.795. The van der Waals surface area contributed by atoms with Crippen LogP contribution in [-0.4, -0.2) is 64.5 Å². The maximum Gasteiger partial charge on any atom is 0.269 e. The van der Waals surface area contributed by atoms with Gasteiger partial charge in [-0.2, -0.15) is 0 Å². The van der Waals surface area contributed by atoms with Crippen LogP contribution in [0.25, 0.3) is 0 Å². The lowest BCUT2D eigenvalue weighted by molar-refractivity contribution is 0.0958. The number of hydrogen-bond donors (Lipinski definition) is 2. The number of aromatic nitrogens is 3. The summed E-state index contributed by atoms with van der Waals surface area (Å²) in [5, 5.41) is 2.61. The fourth-order valence-electron chi connectivity index (χ4n) is 6.53. The molecule has 0 radical (unpaired) electrons. The molecule has 7 rings (SSSR count). The number of pyridine rings is 1. The van der Waals surface area contributed by atoms with Gasteiger partial charge in [0.1, 0.15) is 11.5 Å². The Morgan fingerprint density at radius 3 is 2.67 bits per heavy atom. The van der Waals surface area contributed by atoms with Gasteiger partial charge in [0.25, 0.3) is 11.5 Å². The van der Waals surface area contributed by atoms with E-state index in [9.17, 15) is 9.59 Å². The molecule has 2 aromatic rings. The van der Waals surface area contributed by atoms with Crippen molar-refractivity contribution >= 4 is 11.6 Å². The molecule has 0 aromatic carbocycles. The number of nitrogens with zero attached hydrogens (tertiary/aromatic N) is 4. The molecule has 3 aliphatic heterocycles. The second kappa shape index (κ2) is 7.94. The normalized spacial score (nSPS) is 27.2. The monoisotopic (exact) mass is 448 g/mol. The summed E-state index contributed by atoms with van der Waals surface area (Å²) in [7, 11) is 1.62. The molecule has 8 heteroatoms. The number of carbonyl (C=O) groups is 1. The minimum absolute atomic E-state index is 0.0487. The number of fused-ring (bicyclic) bond motifs is 2. The first kappa shape index (κ1) is 20.8. The first-order valence-corrected chi connectivity index (χ1v) is 12.4. The van der Waals surface area contributed by atoms with Gasteiger partial charge >= 0.3 is 0 Å². The van der Waals surface area contributed by atoms with E-state index in [0.717, 1.165) is 93.8 Å². The maximum absolute atomic E-state index is 12.7. The predicted octanol–water partition coefficient (Wildman–Crippen LogP) is 1.79. The quantitative estimate of drug-likeness (QED) is 0.741. The van der Waals surface area contributed by atoms with Gasteiger partial charge in [-0.3, -0.25) is 14.5 Å². The number of aryl methyl sites for hydroxylation is 1. The zero-order valence-electron chi connectivity index (χ0n) is 19.3. The molecule has 8 nitrogen and oxygen atoms in total. The van der Waals surface area contributed by atoms with Gasteiger partial charge in [-0.05, 0) is 63.5 Å². The summed E-state index contributed by atoms with van der Waals surface area (Å²) in [6, 6.07) is 5.00. The third-order valence-corrected chi connectivity index (χ3v) is 8.41. The molecule has 2 bridgehead atoms. The van der Waals surface area contributed by atoms with Crippen LogP contribution in [0.5, 0.6) is 0 Å². The molecule has 0 atom stereocenters. The molecule has 174 valence electrons. The Labute approximate surface area is 193 Å². The molecule has 5 heterocycles. The van der Waals surface area contributed by atoms with Crippen LogP contribution in [-0.2, 0) is 18.3 Å². The second-order valence-corrected chi connectivity index (χ2v) is 10.3. The van der Waals surface area contributed by atoms with Gasteiger partial charge in [0, 0.05) is 49.7 Å². The molecule has 5 aliphatic rings.